The zero-order valence-corrected chi connectivity index (χ0v) is 12.4. The smallest absolute Gasteiger partial charge is 0.308 e. The lowest BCUT2D eigenvalue weighted by Gasteiger charge is -2.17. The van der Waals surface area contributed by atoms with E-state index in [1.54, 1.807) is 6.07 Å². The maximum absolute atomic E-state index is 12.4. The van der Waals surface area contributed by atoms with Crippen molar-refractivity contribution in [3.05, 3.63) is 41.6 Å². The summed E-state index contributed by atoms with van der Waals surface area (Å²) >= 11 is 0. The molecule has 0 unspecified atom stereocenters. The lowest BCUT2D eigenvalue weighted by molar-refractivity contribution is -0.142. The van der Waals surface area contributed by atoms with Crippen molar-refractivity contribution in [1.82, 2.24) is 10.3 Å². The maximum Gasteiger partial charge on any atom is 0.308 e. The van der Waals surface area contributed by atoms with E-state index in [4.69, 9.17) is 0 Å². The number of aryl methyl sites for hydroxylation is 1. The normalized spacial score (nSPS) is 21.0. The van der Waals surface area contributed by atoms with E-state index in [0.29, 0.717) is 18.5 Å². The van der Waals surface area contributed by atoms with Gasteiger partial charge in [0.25, 0.3) is 5.91 Å². The first-order valence-corrected chi connectivity index (χ1v) is 7.46. The Morgan fingerprint density at radius 1 is 1.27 bits per heavy atom. The molecule has 22 heavy (non-hydrogen) atoms. The fraction of sp³-hybridized carbons (Fsp3) is 0.353. The van der Waals surface area contributed by atoms with Crippen LogP contribution in [-0.4, -0.2) is 28.0 Å². The third-order valence-corrected chi connectivity index (χ3v) is 4.31. The summed E-state index contributed by atoms with van der Waals surface area (Å²) < 4.78 is 0. The molecular weight excluding hydrogens is 280 g/mol. The lowest BCUT2D eigenvalue weighted by Crippen LogP contribution is -2.40. The number of nitrogens with one attached hydrogen (secondary N) is 1. The van der Waals surface area contributed by atoms with E-state index in [1.807, 2.05) is 31.2 Å². The van der Waals surface area contributed by atoms with Gasteiger partial charge in [-0.2, -0.15) is 0 Å². The van der Waals surface area contributed by atoms with Gasteiger partial charge in [0.2, 0.25) is 0 Å². The van der Waals surface area contributed by atoms with Gasteiger partial charge in [0.05, 0.1) is 11.4 Å². The predicted octanol–water partition coefficient (Wildman–Crippen LogP) is 2.53. The SMILES string of the molecule is Cc1cc(C(=O)N[C@@H]2CCC[C@@H]2C(=O)O)nc2ccccc12. The average molecular weight is 298 g/mol. The molecule has 3 rings (SSSR count). The molecule has 2 N–H and O–H groups in total. The molecule has 1 heterocycles. The van der Waals surface area contributed by atoms with Crippen LogP contribution < -0.4 is 5.32 Å². The molecule has 1 saturated carbocycles. The van der Waals surface area contributed by atoms with Crippen LogP contribution in [0.15, 0.2) is 30.3 Å². The minimum absolute atomic E-state index is 0.299. The molecule has 5 heteroatoms. The van der Waals surface area contributed by atoms with Crippen molar-refractivity contribution in [2.45, 2.75) is 32.2 Å². The molecule has 0 saturated heterocycles. The molecule has 1 aromatic carbocycles. The Labute approximate surface area is 128 Å². The van der Waals surface area contributed by atoms with Crippen molar-refractivity contribution in [2.75, 3.05) is 0 Å². The van der Waals surface area contributed by atoms with Gasteiger partial charge in [0.1, 0.15) is 5.69 Å². The number of nitrogens with zero attached hydrogens (tertiary/aromatic N) is 1. The van der Waals surface area contributed by atoms with E-state index < -0.39 is 11.9 Å². The number of carboxylic acid groups (broad SMARTS) is 1. The number of pyridine rings is 1. The van der Waals surface area contributed by atoms with Crippen molar-refractivity contribution in [2.24, 2.45) is 5.92 Å². The minimum Gasteiger partial charge on any atom is -0.481 e. The van der Waals surface area contributed by atoms with E-state index >= 15 is 0 Å². The number of carbonyl (C=O) groups excluding carboxylic acids is 1. The van der Waals surface area contributed by atoms with Gasteiger partial charge in [-0.15, -0.1) is 0 Å². The predicted molar refractivity (Wildman–Crippen MR) is 82.7 cm³/mol. The van der Waals surface area contributed by atoms with Crippen molar-refractivity contribution in [3.63, 3.8) is 0 Å². The van der Waals surface area contributed by atoms with Gasteiger partial charge in [-0.1, -0.05) is 24.6 Å². The van der Waals surface area contributed by atoms with Crippen LogP contribution in [0.25, 0.3) is 10.9 Å². The molecular formula is C17H18N2O3. The molecule has 1 aliphatic rings. The van der Waals surface area contributed by atoms with Crippen molar-refractivity contribution >= 4 is 22.8 Å². The molecule has 1 aromatic heterocycles. The Balaban J connectivity index is 1.85. The van der Waals surface area contributed by atoms with Crippen LogP contribution in [0.5, 0.6) is 0 Å². The van der Waals surface area contributed by atoms with Crippen LogP contribution in [0.4, 0.5) is 0 Å². The van der Waals surface area contributed by atoms with Crippen LogP contribution in [0.3, 0.4) is 0 Å². The summed E-state index contributed by atoms with van der Waals surface area (Å²) in [4.78, 5) is 28.0. The Morgan fingerprint density at radius 3 is 2.82 bits per heavy atom. The maximum atomic E-state index is 12.4. The number of hydrogen-bond acceptors (Lipinski definition) is 3. The minimum atomic E-state index is -0.842. The number of aromatic nitrogens is 1. The monoisotopic (exact) mass is 298 g/mol. The van der Waals surface area contributed by atoms with Crippen molar-refractivity contribution < 1.29 is 14.7 Å². The van der Waals surface area contributed by atoms with E-state index in [-0.39, 0.29) is 11.9 Å². The van der Waals surface area contributed by atoms with Gasteiger partial charge in [-0.25, -0.2) is 4.98 Å². The zero-order valence-electron chi connectivity index (χ0n) is 12.4. The number of carboxylic acids is 1. The number of hydrogen-bond donors (Lipinski definition) is 2. The summed E-state index contributed by atoms with van der Waals surface area (Å²) in [5.74, 6) is -1.64. The third-order valence-electron chi connectivity index (χ3n) is 4.31. The molecule has 5 nitrogen and oxygen atoms in total. The van der Waals surface area contributed by atoms with Crippen molar-refractivity contribution in [1.29, 1.82) is 0 Å². The van der Waals surface area contributed by atoms with E-state index in [9.17, 15) is 14.7 Å². The second-order valence-electron chi connectivity index (χ2n) is 5.80. The van der Waals surface area contributed by atoms with E-state index in [0.717, 1.165) is 22.9 Å². The Morgan fingerprint density at radius 2 is 2.05 bits per heavy atom. The Kier molecular flexibility index (Phi) is 3.79. The van der Waals surface area contributed by atoms with Crippen molar-refractivity contribution in [3.8, 4) is 0 Å². The number of rotatable bonds is 3. The second-order valence-corrected chi connectivity index (χ2v) is 5.80. The lowest BCUT2D eigenvalue weighted by atomic mass is 10.0. The molecule has 2 atom stereocenters. The molecule has 0 bridgehead atoms. The van der Waals surface area contributed by atoms with Crippen LogP contribution in [0, 0.1) is 12.8 Å². The average Bonchev–Trinajstić information content (AvgIpc) is 2.95. The second kappa shape index (κ2) is 5.75. The third kappa shape index (κ3) is 2.66. The number of amides is 1. The molecule has 2 aromatic rings. The standard InChI is InChI=1S/C17H18N2O3/c1-10-9-15(18-13-7-3-2-5-11(10)13)16(20)19-14-8-4-6-12(14)17(21)22/h2-3,5,7,9,12,14H,4,6,8H2,1H3,(H,19,20)(H,21,22)/t12-,14+/m0/s1. The highest BCUT2D eigenvalue weighted by molar-refractivity contribution is 5.96. The van der Waals surface area contributed by atoms with Gasteiger partial charge in [-0.05, 0) is 37.5 Å². The first kappa shape index (κ1) is 14.5. The van der Waals surface area contributed by atoms with Crippen LogP contribution in [0.1, 0.15) is 35.3 Å². The van der Waals surface area contributed by atoms with Crippen LogP contribution in [0.2, 0.25) is 0 Å². The van der Waals surface area contributed by atoms with Gasteiger partial charge >= 0.3 is 5.97 Å². The van der Waals surface area contributed by atoms with Gasteiger partial charge in [0, 0.05) is 11.4 Å². The molecule has 114 valence electrons. The summed E-state index contributed by atoms with van der Waals surface area (Å²) in [5, 5.41) is 13.0. The van der Waals surface area contributed by atoms with Gasteiger partial charge < -0.3 is 10.4 Å². The fourth-order valence-electron chi connectivity index (χ4n) is 3.14. The Hall–Kier alpha value is -2.43. The number of carbonyl (C=O) groups is 2. The highest BCUT2D eigenvalue weighted by Crippen LogP contribution is 2.26. The molecule has 1 fully saturated rings. The number of para-hydroxylation sites is 1. The van der Waals surface area contributed by atoms with E-state index in [2.05, 4.69) is 10.3 Å². The van der Waals surface area contributed by atoms with Crippen LogP contribution in [-0.2, 0) is 4.79 Å². The van der Waals surface area contributed by atoms with Gasteiger partial charge in [-0.3, -0.25) is 9.59 Å². The molecule has 0 radical (unpaired) electrons. The topological polar surface area (TPSA) is 79.3 Å². The van der Waals surface area contributed by atoms with E-state index in [1.165, 1.54) is 0 Å². The fourth-order valence-corrected chi connectivity index (χ4v) is 3.14. The summed E-state index contributed by atoms with van der Waals surface area (Å²) in [6.45, 7) is 1.94. The number of benzene rings is 1. The number of fused-ring (bicyclic) bond motifs is 1. The summed E-state index contributed by atoms with van der Waals surface area (Å²) in [7, 11) is 0. The molecule has 1 aliphatic carbocycles. The number of aliphatic carboxylic acids is 1. The summed E-state index contributed by atoms with van der Waals surface area (Å²) in [5.41, 5.74) is 2.10. The summed E-state index contributed by atoms with van der Waals surface area (Å²) in [6.07, 6.45) is 2.14. The molecule has 0 spiro atoms. The Bertz CT molecular complexity index is 742. The summed E-state index contributed by atoms with van der Waals surface area (Å²) in [6, 6.07) is 9.10. The quantitative estimate of drug-likeness (QED) is 0.912. The molecule has 0 aliphatic heterocycles. The largest absolute Gasteiger partial charge is 0.481 e. The first-order valence-electron chi connectivity index (χ1n) is 7.46. The first-order chi connectivity index (χ1) is 10.6. The highest BCUT2D eigenvalue weighted by Gasteiger charge is 2.34. The molecule has 1 amide bonds. The van der Waals surface area contributed by atoms with Gasteiger partial charge in [0.15, 0.2) is 0 Å². The van der Waals surface area contributed by atoms with Crippen LogP contribution >= 0.6 is 0 Å². The highest BCUT2D eigenvalue weighted by atomic mass is 16.4. The zero-order chi connectivity index (χ0) is 15.7.